The number of hydrogen-bond acceptors (Lipinski definition) is 4. The molecule has 0 atom stereocenters. The Balaban J connectivity index is 1.71. The lowest BCUT2D eigenvalue weighted by molar-refractivity contribution is 0.0942. The van der Waals surface area contributed by atoms with Crippen LogP contribution in [0.5, 0.6) is 0 Å². The van der Waals surface area contributed by atoms with Crippen LogP contribution in [-0.2, 0) is 4.74 Å². The van der Waals surface area contributed by atoms with Crippen molar-refractivity contribution in [2.24, 2.45) is 0 Å². The normalized spacial score (nSPS) is 10.5. The molecule has 0 aliphatic heterocycles. The Morgan fingerprint density at radius 3 is 2.30 bits per heavy atom. The average Bonchev–Trinajstić information content (AvgIpc) is 2.84. The molecule has 7 heteroatoms. The molecule has 2 N–H and O–H groups in total. The summed E-state index contributed by atoms with van der Waals surface area (Å²) in [5.41, 5.74) is 1.48. The topological polar surface area (TPSA) is 84.5 Å². The lowest BCUT2D eigenvalue weighted by Crippen LogP contribution is -2.25. The maximum Gasteiger partial charge on any atom is 0.256 e. The van der Waals surface area contributed by atoms with Gasteiger partial charge in [0.25, 0.3) is 11.8 Å². The molecule has 3 aromatic carbocycles. The molecule has 170 valence electrons. The van der Waals surface area contributed by atoms with Crippen molar-refractivity contribution >= 4 is 23.3 Å². The van der Waals surface area contributed by atoms with Crippen LogP contribution < -0.4 is 10.6 Å². The zero-order chi connectivity index (χ0) is 23.6. The Kier molecular flexibility index (Phi) is 8.43. The van der Waals surface area contributed by atoms with E-state index in [0.717, 1.165) is 0 Å². The molecule has 0 radical (unpaired) electrons. The molecule has 0 saturated carbocycles. The molecule has 0 bridgehead atoms. The van der Waals surface area contributed by atoms with Gasteiger partial charge in [-0.1, -0.05) is 24.3 Å². The third kappa shape index (κ3) is 6.57. The van der Waals surface area contributed by atoms with Gasteiger partial charge in [0.1, 0.15) is 5.82 Å². The van der Waals surface area contributed by atoms with Crippen LogP contribution in [0.1, 0.15) is 50.0 Å². The molecule has 33 heavy (non-hydrogen) atoms. The van der Waals surface area contributed by atoms with Crippen LogP contribution in [0.2, 0.25) is 0 Å². The summed E-state index contributed by atoms with van der Waals surface area (Å²) in [6, 6.07) is 18.1. The van der Waals surface area contributed by atoms with Gasteiger partial charge in [-0.15, -0.1) is 0 Å². The molecule has 0 aliphatic rings. The minimum absolute atomic E-state index is 0.178. The molecule has 0 spiro atoms. The molecule has 0 unspecified atom stereocenters. The van der Waals surface area contributed by atoms with E-state index in [9.17, 15) is 18.8 Å². The molecule has 2 amide bonds. The zero-order valence-corrected chi connectivity index (χ0v) is 18.3. The fourth-order valence-electron chi connectivity index (χ4n) is 3.20. The number of halogens is 1. The fraction of sp³-hybridized carbons (Fsp3) is 0.192. The monoisotopic (exact) mass is 448 g/mol. The van der Waals surface area contributed by atoms with Gasteiger partial charge < -0.3 is 15.4 Å². The predicted molar refractivity (Wildman–Crippen MR) is 124 cm³/mol. The zero-order valence-electron chi connectivity index (χ0n) is 18.3. The van der Waals surface area contributed by atoms with Crippen LogP contribution in [0.15, 0.2) is 72.8 Å². The van der Waals surface area contributed by atoms with Crippen molar-refractivity contribution < 1.29 is 23.5 Å². The van der Waals surface area contributed by atoms with Crippen molar-refractivity contribution in [3.05, 3.63) is 101 Å². The predicted octanol–water partition coefficient (Wildman–Crippen LogP) is 4.47. The summed E-state index contributed by atoms with van der Waals surface area (Å²) < 4.78 is 18.4. The second-order valence-electron chi connectivity index (χ2n) is 7.22. The summed E-state index contributed by atoms with van der Waals surface area (Å²) in [4.78, 5) is 38.2. The van der Waals surface area contributed by atoms with E-state index in [0.29, 0.717) is 37.4 Å². The molecule has 0 fully saturated rings. The number of anilines is 1. The van der Waals surface area contributed by atoms with Gasteiger partial charge in [-0.25, -0.2) is 4.39 Å². The first-order valence-electron chi connectivity index (χ1n) is 10.7. The quantitative estimate of drug-likeness (QED) is 0.354. The fourth-order valence-corrected chi connectivity index (χ4v) is 3.20. The second-order valence-corrected chi connectivity index (χ2v) is 7.22. The van der Waals surface area contributed by atoms with Gasteiger partial charge in [0, 0.05) is 42.1 Å². The van der Waals surface area contributed by atoms with Gasteiger partial charge in [-0.05, 0) is 61.9 Å². The molecule has 3 rings (SSSR count). The van der Waals surface area contributed by atoms with Crippen LogP contribution in [0.4, 0.5) is 10.1 Å². The number of carbonyl (C=O) groups is 3. The van der Waals surface area contributed by atoms with Crippen molar-refractivity contribution in [1.82, 2.24) is 5.32 Å². The number of carbonyl (C=O) groups excluding carboxylic acids is 3. The van der Waals surface area contributed by atoms with Crippen LogP contribution >= 0.6 is 0 Å². The maximum atomic E-state index is 13.2. The summed E-state index contributed by atoms with van der Waals surface area (Å²) in [5, 5.41) is 5.56. The number of ketones is 1. The average molecular weight is 448 g/mol. The standard InChI is InChI=1S/C26H25FN2O4/c1-2-33-16-6-15-28-25(31)19-7-5-8-21(17-19)29-26(32)23-10-4-3-9-22(23)24(30)18-11-13-20(27)14-12-18/h3-5,7-14,17H,2,6,15-16H2,1H3,(H,28,31)(H,29,32). The Bertz CT molecular complexity index is 1130. The van der Waals surface area contributed by atoms with Gasteiger partial charge in [-0.2, -0.15) is 0 Å². The SMILES string of the molecule is CCOCCCNC(=O)c1cccc(NC(=O)c2ccccc2C(=O)c2ccc(F)cc2)c1. The van der Waals surface area contributed by atoms with E-state index in [1.54, 1.807) is 48.5 Å². The highest BCUT2D eigenvalue weighted by atomic mass is 19.1. The first-order chi connectivity index (χ1) is 16.0. The number of ether oxygens (including phenoxy) is 1. The summed E-state index contributed by atoms with van der Waals surface area (Å²) in [6.07, 6.45) is 0.703. The number of nitrogens with one attached hydrogen (secondary N) is 2. The maximum absolute atomic E-state index is 13.2. The van der Waals surface area contributed by atoms with E-state index in [-0.39, 0.29) is 28.4 Å². The molecule has 0 saturated heterocycles. The van der Waals surface area contributed by atoms with Crippen molar-refractivity contribution in [2.75, 3.05) is 25.1 Å². The smallest absolute Gasteiger partial charge is 0.256 e. The first-order valence-corrected chi connectivity index (χ1v) is 10.7. The number of benzene rings is 3. The highest BCUT2D eigenvalue weighted by molar-refractivity contribution is 6.17. The van der Waals surface area contributed by atoms with Gasteiger partial charge in [0.2, 0.25) is 0 Å². The van der Waals surface area contributed by atoms with E-state index in [4.69, 9.17) is 4.74 Å². The van der Waals surface area contributed by atoms with Crippen LogP contribution in [-0.4, -0.2) is 37.4 Å². The van der Waals surface area contributed by atoms with Crippen molar-refractivity contribution in [2.45, 2.75) is 13.3 Å². The summed E-state index contributed by atoms with van der Waals surface area (Å²) >= 11 is 0. The third-order valence-corrected chi connectivity index (χ3v) is 4.86. The largest absolute Gasteiger partial charge is 0.382 e. The van der Waals surface area contributed by atoms with E-state index < -0.39 is 11.7 Å². The Labute approximate surface area is 191 Å². The van der Waals surface area contributed by atoms with Crippen LogP contribution in [0.25, 0.3) is 0 Å². The van der Waals surface area contributed by atoms with Crippen molar-refractivity contribution in [3.63, 3.8) is 0 Å². The Morgan fingerprint density at radius 2 is 1.58 bits per heavy atom. The second kappa shape index (κ2) is 11.7. The van der Waals surface area contributed by atoms with Crippen LogP contribution in [0.3, 0.4) is 0 Å². The van der Waals surface area contributed by atoms with Crippen molar-refractivity contribution in [3.8, 4) is 0 Å². The van der Waals surface area contributed by atoms with Gasteiger partial charge in [-0.3, -0.25) is 14.4 Å². The van der Waals surface area contributed by atoms with Gasteiger partial charge in [0.05, 0.1) is 5.56 Å². The van der Waals surface area contributed by atoms with Crippen LogP contribution in [0, 0.1) is 5.82 Å². The molecular weight excluding hydrogens is 423 g/mol. The lowest BCUT2D eigenvalue weighted by Gasteiger charge is -2.11. The third-order valence-electron chi connectivity index (χ3n) is 4.86. The van der Waals surface area contributed by atoms with E-state index in [1.165, 1.54) is 24.3 Å². The number of hydrogen-bond donors (Lipinski definition) is 2. The van der Waals surface area contributed by atoms with E-state index in [1.807, 2.05) is 6.92 Å². The summed E-state index contributed by atoms with van der Waals surface area (Å²) in [6.45, 7) is 3.60. The highest BCUT2D eigenvalue weighted by Gasteiger charge is 2.18. The van der Waals surface area contributed by atoms with E-state index in [2.05, 4.69) is 10.6 Å². The first kappa shape index (κ1) is 23.8. The van der Waals surface area contributed by atoms with Gasteiger partial charge in [0.15, 0.2) is 5.78 Å². The highest BCUT2D eigenvalue weighted by Crippen LogP contribution is 2.18. The molecule has 0 aliphatic carbocycles. The molecule has 0 heterocycles. The molecule has 6 nitrogen and oxygen atoms in total. The molecule has 0 aromatic heterocycles. The minimum atomic E-state index is -0.490. The number of rotatable bonds is 10. The minimum Gasteiger partial charge on any atom is -0.382 e. The van der Waals surface area contributed by atoms with Crippen molar-refractivity contribution in [1.29, 1.82) is 0 Å². The Hall–Kier alpha value is -3.84. The number of amides is 2. The van der Waals surface area contributed by atoms with E-state index >= 15 is 0 Å². The Morgan fingerprint density at radius 1 is 0.848 bits per heavy atom. The summed E-state index contributed by atoms with van der Waals surface area (Å²) in [7, 11) is 0. The summed E-state index contributed by atoms with van der Waals surface area (Å²) in [5.74, 6) is -1.58. The molecule has 3 aromatic rings. The lowest BCUT2D eigenvalue weighted by atomic mass is 9.98. The van der Waals surface area contributed by atoms with Gasteiger partial charge >= 0.3 is 0 Å². The molecular formula is C26H25FN2O4.